The molecule has 0 N–H and O–H groups in total. The summed E-state index contributed by atoms with van der Waals surface area (Å²) in [4.78, 5) is 17.5. The Labute approximate surface area is 202 Å². The minimum atomic E-state index is -0.244. The molecule has 2 aliphatic heterocycles. The molecule has 0 saturated carbocycles. The average molecular weight is 470 g/mol. The summed E-state index contributed by atoms with van der Waals surface area (Å²) >= 11 is 1.12. The highest BCUT2D eigenvalue weighted by molar-refractivity contribution is 8.18. The quantitative estimate of drug-likeness (QED) is 0.448. The van der Waals surface area contributed by atoms with Gasteiger partial charge < -0.3 is 9.47 Å². The molecule has 170 valence electrons. The van der Waals surface area contributed by atoms with Gasteiger partial charge in [0.15, 0.2) is 5.84 Å². The lowest BCUT2D eigenvalue weighted by Gasteiger charge is -2.24. The summed E-state index contributed by atoms with van der Waals surface area (Å²) in [5.41, 5.74) is 4.04. The number of hydrazone groups is 1. The SMILES string of the molecule is COc1ccc(/C=C2\SC(=O)N=C2N2N=C(c3ccccc3)C[C@H]2c2ccc(OC)cc2)cc1. The number of carbonyl (C=O) groups excluding carboxylic acids is 1. The third kappa shape index (κ3) is 4.47. The maximum atomic E-state index is 12.4. The van der Waals surface area contributed by atoms with Crippen LogP contribution < -0.4 is 9.47 Å². The van der Waals surface area contributed by atoms with Crippen molar-refractivity contribution < 1.29 is 14.3 Å². The van der Waals surface area contributed by atoms with Crippen LogP contribution in [-0.4, -0.2) is 36.0 Å². The molecule has 1 atom stereocenters. The molecule has 0 radical (unpaired) electrons. The van der Waals surface area contributed by atoms with Crippen molar-refractivity contribution in [3.63, 3.8) is 0 Å². The van der Waals surface area contributed by atoms with Crippen molar-refractivity contribution >= 4 is 34.6 Å². The molecule has 0 aromatic heterocycles. The molecule has 0 bridgehead atoms. The number of carbonyl (C=O) groups is 1. The molecule has 7 heteroatoms. The lowest BCUT2D eigenvalue weighted by atomic mass is 9.98. The van der Waals surface area contributed by atoms with E-state index in [9.17, 15) is 4.79 Å². The average Bonchev–Trinajstić information content (AvgIpc) is 3.48. The molecule has 1 amide bonds. The second-order valence-electron chi connectivity index (χ2n) is 7.84. The van der Waals surface area contributed by atoms with Crippen molar-refractivity contribution in [2.24, 2.45) is 10.1 Å². The van der Waals surface area contributed by atoms with Crippen LogP contribution in [0.5, 0.6) is 11.5 Å². The van der Waals surface area contributed by atoms with Crippen molar-refractivity contribution in [2.45, 2.75) is 12.5 Å². The Morgan fingerprint density at radius 2 is 1.56 bits per heavy atom. The van der Waals surface area contributed by atoms with Gasteiger partial charge in [0, 0.05) is 6.42 Å². The minimum absolute atomic E-state index is 0.0920. The number of hydrogen-bond acceptors (Lipinski definition) is 6. The number of aliphatic imine (C=N–C) groups is 1. The van der Waals surface area contributed by atoms with Crippen LogP contribution >= 0.6 is 11.8 Å². The van der Waals surface area contributed by atoms with E-state index in [4.69, 9.17) is 14.6 Å². The summed E-state index contributed by atoms with van der Waals surface area (Å²) in [7, 11) is 3.29. The smallest absolute Gasteiger partial charge is 0.311 e. The Bertz CT molecular complexity index is 1280. The second kappa shape index (κ2) is 9.57. The zero-order valence-electron chi connectivity index (χ0n) is 18.8. The molecule has 0 saturated heterocycles. The van der Waals surface area contributed by atoms with Crippen LogP contribution in [0.2, 0.25) is 0 Å². The lowest BCUT2D eigenvalue weighted by molar-refractivity contribution is 0.267. The van der Waals surface area contributed by atoms with E-state index in [-0.39, 0.29) is 11.3 Å². The van der Waals surface area contributed by atoms with Gasteiger partial charge in [-0.15, -0.1) is 0 Å². The number of benzene rings is 3. The van der Waals surface area contributed by atoms with Gasteiger partial charge in [-0.25, -0.2) is 5.01 Å². The summed E-state index contributed by atoms with van der Waals surface area (Å²) in [6, 6.07) is 25.7. The molecule has 5 rings (SSSR count). The largest absolute Gasteiger partial charge is 0.497 e. The van der Waals surface area contributed by atoms with Crippen molar-refractivity contribution in [2.75, 3.05) is 14.2 Å². The van der Waals surface area contributed by atoms with Crippen LogP contribution in [0.25, 0.3) is 6.08 Å². The molecule has 2 heterocycles. The first-order valence-corrected chi connectivity index (χ1v) is 11.7. The molecule has 3 aromatic rings. The lowest BCUT2D eigenvalue weighted by Crippen LogP contribution is -2.26. The van der Waals surface area contributed by atoms with Gasteiger partial charge in [-0.3, -0.25) is 4.79 Å². The third-order valence-electron chi connectivity index (χ3n) is 5.76. The van der Waals surface area contributed by atoms with E-state index in [0.29, 0.717) is 12.3 Å². The number of hydrogen-bond donors (Lipinski definition) is 0. The van der Waals surface area contributed by atoms with Gasteiger partial charge >= 0.3 is 5.24 Å². The van der Waals surface area contributed by atoms with Crippen molar-refractivity contribution in [1.82, 2.24) is 5.01 Å². The number of ether oxygens (including phenoxy) is 2. The van der Waals surface area contributed by atoms with Crippen molar-refractivity contribution in [1.29, 1.82) is 0 Å². The molecule has 34 heavy (non-hydrogen) atoms. The molecule has 0 spiro atoms. The van der Waals surface area contributed by atoms with Gasteiger partial charge in [0.1, 0.15) is 11.5 Å². The van der Waals surface area contributed by atoms with Crippen LogP contribution in [0.3, 0.4) is 0 Å². The summed E-state index contributed by atoms with van der Waals surface area (Å²) < 4.78 is 10.6. The van der Waals surface area contributed by atoms with E-state index in [2.05, 4.69) is 17.1 Å². The van der Waals surface area contributed by atoms with E-state index in [1.807, 2.05) is 77.8 Å². The zero-order valence-corrected chi connectivity index (χ0v) is 19.7. The van der Waals surface area contributed by atoms with Crippen LogP contribution in [0.15, 0.2) is 93.9 Å². The molecule has 0 fully saturated rings. The van der Waals surface area contributed by atoms with E-state index < -0.39 is 0 Å². The van der Waals surface area contributed by atoms with Gasteiger partial charge in [0.25, 0.3) is 0 Å². The molecule has 6 nitrogen and oxygen atoms in total. The zero-order chi connectivity index (χ0) is 23.5. The van der Waals surface area contributed by atoms with Crippen molar-refractivity contribution in [3.8, 4) is 11.5 Å². The number of nitrogens with zero attached hydrogens (tertiary/aromatic N) is 3. The highest BCUT2D eigenvalue weighted by Gasteiger charge is 2.36. The van der Waals surface area contributed by atoms with Crippen molar-refractivity contribution in [3.05, 3.63) is 100 Å². The van der Waals surface area contributed by atoms with Gasteiger partial charge in [0.2, 0.25) is 0 Å². The van der Waals surface area contributed by atoms with Crippen LogP contribution in [0, 0.1) is 0 Å². The molecule has 2 aliphatic rings. The summed E-state index contributed by atoms with van der Waals surface area (Å²) in [5, 5.41) is 6.60. The predicted octanol–water partition coefficient (Wildman–Crippen LogP) is 6.16. The maximum absolute atomic E-state index is 12.4. The Morgan fingerprint density at radius 3 is 2.21 bits per heavy atom. The highest BCUT2D eigenvalue weighted by Crippen LogP contribution is 2.40. The number of amidine groups is 1. The van der Waals surface area contributed by atoms with E-state index in [1.54, 1.807) is 14.2 Å². The Hall–Kier alpha value is -3.84. The van der Waals surface area contributed by atoms with E-state index >= 15 is 0 Å². The number of rotatable bonds is 5. The molecule has 3 aromatic carbocycles. The van der Waals surface area contributed by atoms with Gasteiger partial charge in [-0.05, 0) is 58.8 Å². The monoisotopic (exact) mass is 469 g/mol. The molecular formula is C27H23N3O3S. The van der Waals surface area contributed by atoms with Gasteiger partial charge in [-0.1, -0.05) is 54.6 Å². The maximum Gasteiger partial charge on any atom is 0.311 e. The Morgan fingerprint density at radius 1 is 0.912 bits per heavy atom. The fourth-order valence-electron chi connectivity index (χ4n) is 4.01. The summed E-state index contributed by atoms with van der Waals surface area (Å²) in [6.07, 6.45) is 2.67. The fraction of sp³-hybridized carbons (Fsp3) is 0.148. The van der Waals surface area contributed by atoms with E-state index in [0.717, 1.165) is 50.6 Å². The Balaban J connectivity index is 1.54. The number of methoxy groups -OCH3 is 2. The van der Waals surface area contributed by atoms with E-state index in [1.165, 1.54) is 0 Å². The van der Waals surface area contributed by atoms with Crippen LogP contribution in [0.1, 0.15) is 29.2 Å². The van der Waals surface area contributed by atoms with Gasteiger partial charge in [0.05, 0.1) is 30.9 Å². The Kier molecular flexibility index (Phi) is 6.18. The minimum Gasteiger partial charge on any atom is -0.497 e. The number of amides is 1. The highest BCUT2D eigenvalue weighted by atomic mass is 32.2. The normalized spacial score (nSPS) is 18.8. The second-order valence-corrected chi connectivity index (χ2v) is 8.83. The molecule has 0 aliphatic carbocycles. The number of thioether (sulfide) groups is 1. The van der Waals surface area contributed by atoms with Crippen LogP contribution in [0.4, 0.5) is 4.79 Å². The summed E-state index contributed by atoms with van der Waals surface area (Å²) in [5.74, 6) is 2.14. The van der Waals surface area contributed by atoms with Gasteiger partial charge in [-0.2, -0.15) is 10.1 Å². The predicted molar refractivity (Wildman–Crippen MR) is 137 cm³/mol. The standard InChI is InChI=1S/C27H23N3O3S/c1-32-21-12-8-18(9-13-21)16-25-26(28-27(31)34-25)30-24(20-10-14-22(33-2)15-11-20)17-23(29-30)19-6-4-3-5-7-19/h3-16,24H,17H2,1-2H3/b25-16-/t24-/m0/s1. The van der Waals surface area contributed by atoms with Crippen LogP contribution in [-0.2, 0) is 0 Å². The first-order valence-electron chi connectivity index (χ1n) is 10.9. The fourth-order valence-corrected chi connectivity index (χ4v) is 4.76. The summed E-state index contributed by atoms with van der Waals surface area (Å²) in [6.45, 7) is 0. The third-order valence-corrected chi connectivity index (χ3v) is 6.55. The first-order chi connectivity index (χ1) is 16.6. The first kappa shape index (κ1) is 22.0. The molecular weight excluding hydrogens is 446 g/mol. The topological polar surface area (TPSA) is 63.5 Å². The molecule has 0 unspecified atom stereocenters.